The Hall–Kier alpha value is -2.48. The first-order valence-electron chi connectivity index (χ1n) is 5.48. The highest BCUT2D eigenvalue weighted by atomic mass is 16.6. The first-order chi connectivity index (χ1) is 8.95. The summed E-state index contributed by atoms with van der Waals surface area (Å²) in [6.07, 6.45) is 0. The molecular formula is C11H11N4O4. The Morgan fingerprint density at radius 2 is 2.16 bits per heavy atom. The number of hydrogen-bond donors (Lipinski definition) is 2. The lowest BCUT2D eigenvalue weighted by molar-refractivity contribution is -0.385. The highest BCUT2D eigenvalue weighted by Gasteiger charge is 2.30. The van der Waals surface area contributed by atoms with E-state index in [1.54, 1.807) is 14.0 Å². The molecule has 19 heavy (non-hydrogen) atoms. The van der Waals surface area contributed by atoms with Crippen LogP contribution in [0.5, 0.6) is 0 Å². The molecular weight excluding hydrogens is 252 g/mol. The van der Waals surface area contributed by atoms with Crippen LogP contribution in [0.1, 0.15) is 11.1 Å². The summed E-state index contributed by atoms with van der Waals surface area (Å²) in [4.78, 5) is 33.0. The number of hydrogen-bond acceptors (Lipinski definition) is 5. The maximum absolute atomic E-state index is 11.3. The molecule has 0 saturated carbocycles. The molecule has 0 fully saturated rings. The van der Waals surface area contributed by atoms with Gasteiger partial charge in [0.1, 0.15) is 0 Å². The first-order valence-corrected chi connectivity index (χ1v) is 5.48. The Morgan fingerprint density at radius 3 is 2.74 bits per heavy atom. The molecule has 0 aromatic heterocycles. The molecule has 0 bridgehead atoms. The lowest BCUT2D eigenvalue weighted by atomic mass is 10.0. The van der Waals surface area contributed by atoms with Crippen molar-refractivity contribution in [3.8, 4) is 0 Å². The van der Waals surface area contributed by atoms with Crippen LogP contribution in [0.2, 0.25) is 0 Å². The van der Waals surface area contributed by atoms with Gasteiger partial charge in [0.15, 0.2) is 0 Å². The SMILES string of the molecule is CNCc1c(C)c([N+](=O)[O-])cc2c1[N]C(=O)C(=O)N2. The van der Waals surface area contributed by atoms with Gasteiger partial charge in [-0.15, -0.1) is 0 Å². The molecule has 2 amide bonds. The Morgan fingerprint density at radius 1 is 1.47 bits per heavy atom. The van der Waals surface area contributed by atoms with Gasteiger partial charge in [0.25, 0.3) is 5.69 Å². The van der Waals surface area contributed by atoms with Crippen LogP contribution >= 0.6 is 0 Å². The van der Waals surface area contributed by atoms with Crippen molar-refractivity contribution in [2.75, 3.05) is 12.4 Å². The van der Waals surface area contributed by atoms with Gasteiger partial charge in [0.05, 0.1) is 16.3 Å². The van der Waals surface area contributed by atoms with Gasteiger partial charge in [-0.2, -0.15) is 0 Å². The second-order valence-electron chi connectivity index (χ2n) is 4.05. The van der Waals surface area contributed by atoms with Crippen molar-refractivity contribution in [2.24, 2.45) is 0 Å². The number of amides is 2. The minimum atomic E-state index is -0.905. The zero-order chi connectivity index (χ0) is 14.2. The van der Waals surface area contributed by atoms with Crippen LogP contribution in [0, 0.1) is 17.0 Å². The summed E-state index contributed by atoms with van der Waals surface area (Å²) in [6.45, 7) is 1.89. The van der Waals surface area contributed by atoms with Gasteiger partial charge < -0.3 is 10.6 Å². The highest BCUT2D eigenvalue weighted by molar-refractivity contribution is 6.42. The van der Waals surface area contributed by atoms with E-state index >= 15 is 0 Å². The van der Waals surface area contributed by atoms with Crippen LogP contribution in [-0.2, 0) is 16.1 Å². The van der Waals surface area contributed by atoms with Crippen molar-refractivity contribution in [2.45, 2.75) is 13.5 Å². The third-order valence-electron chi connectivity index (χ3n) is 2.86. The standard InChI is InChI=1S/C11H11N4O4/c1-5-6(4-12-2)9-7(3-8(5)15(18)19)13-10(16)11(17)14-9/h3,12H,4H2,1-2H3,(H,13,16). The molecule has 2 rings (SSSR count). The number of nitrogens with zero attached hydrogens (tertiary/aromatic N) is 2. The molecule has 0 atom stereocenters. The van der Waals surface area contributed by atoms with Gasteiger partial charge in [0, 0.05) is 23.7 Å². The van der Waals surface area contributed by atoms with Crippen molar-refractivity contribution in [3.63, 3.8) is 0 Å². The molecule has 1 aromatic carbocycles. The highest BCUT2D eigenvalue weighted by Crippen LogP contribution is 2.37. The molecule has 0 spiro atoms. The maximum atomic E-state index is 11.3. The number of nitrogens with one attached hydrogen (secondary N) is 2. The minimum Gasteiger partial charge on any atom is -0.316 e. The normalized spacial score (nSPS) is 13.6. The predicted octanol–water partition coefficient (Wildman–Crippen LogP) is 0.337. The van der Waals surface area contributed by atoms with Gasteiger partial charge in [-0.1, -0.05) is 0 Å². The summed E-state index contributed by atoms with van der Waals surface area (Å²) in [5.41, 5.74) is 1.30. The number of fused-ring (bicyclic) bond motifs is 1. The third-order valence-corrected chi connectivity index (χ3v) is 2.86. The fourth-order valence-electron chi connectivity index (χ4n) is 1.94. The molecule has 1 heterocycles. The van der Waals surface area contributed by atoms with Gasteiger partial charge >= 0.3 is 11.8 Å². The number of rotatable bonds is 3. The second kappa shape index (κ2) is 4.65. The third kappa shape index (κ3) is 2.13. The van der Waals surface area contributed by atoms with E-state index in [9.17, 15) is 19.7 Å². The molecule has 0 aliphatic carbocycles. The number of nitro benzene ring substituents is 1. The molecule has 8 nitrogen and oxygen atoms in total. The molecule has 1 aliphatic heterocycles. The summed E-state index contributed by atoms with van der Waals surface area (Å²) in [5.74, 6) is -1.79. The fourth-order valence-corrected chi connectivity index (χ4v) is 1.94. The zero-order valence-electron chi connectivity index (χ0n) is 10.3. The minimum absolute atomic E-state index is 0.117. The Labute approximate surface area is 108 Å². The van der Waals surface area contributed by atoms with E-state index < -0.39 is 16.7 Å². The van der Waals surface area contributed by atoms with Crippen LogP contribution in [0.15, 0.2) is 6.07 Å². The van der Waals surface area contributed by atoms with E-state index in [1.807, 2.05) is 0 Å². The number of anilines is 1. The number of benzene rings is 1. The Kier molecular flexibility index (Phi) is 3.17. The van der Waals surface area contributed by atoms with Crippen LogP contribution < -0.4 is 16.0 Å². The molecule has 1 aliphatic rings. The van der Waals surface area contributed by atoms with Gasteiger partial charge in [0.2, 0.25) is 0 Å². The number of nitro groups is 1. The average molecular weight is 263 g/mol. The maximum Gasteiger partial charge on any atom is 0.335 e. The summed E-state index contributed by atoms with van der Waals surface area (Å²) < 4.78 is 0. The van der Waals surface area contributed by atoms with Crippen molar-refractivity contribution in [3.05, 3.63) is 27.3 Å². The summed E-state index contributed by atoms with van der Waals surface area (Å²) >= 11 is 0. The van der Waals surface area contributed by atoms with Crippen LogP contribution in [-0.4, -0.2) is 23.8 Å². The van der Waals surface area contributed by atoms with E-state index in [1.165, 1.54) is 6.07 Å². The molecule has 8 heteroatoms. The van der Waals surface area contributed by atoms with Crippen molar-refractivity contribution in [1.82, 2.24) is 10.6 Å². The number of carbonyl (C=O) groups is 2. The van der Waals surface area contributed by atoms with Crippen LogP contribution in [0.3, 0.4) is 0 Å². The van der Waals surface area contributed by atoms with E-state index in [-0.39, 0.29) is 17.1 Å². The monoisotopic (exact) mass is 263 g/mol. The first kappa shape index (κ1) is 13.0. The average Bonchev–Trinajstić information content (AvgIpc) is 2.35. The fraction of sp³-hybridized carbons (Fsp3) is 0.273. The topological polar surface area (TPSA) is 115 Å². The smallest absolute Gasteiger partial charge is 0.316 e. The van der Waals surface area contributed by atoms with Crippen molar-refractivity contribution < 1.29 is 14.5 Å². The van der Waals surface area contributed by atoms with E-state index in [0.29, 0.717) is 17.7 Å². The van der Waals surface area contributed by atoms with Gasteiger partial charge in [-0.25, -0.2) is 5.32 Å². The molecule has 0 saturated heterocycles. The van der Waals surface area contributed by atoms with Crippen molar-refractivity contribution in [1.29, 1.82) is 0 Å². The summed E-state index contributed by atoms with van der Waals surface area (Å²) in [6, 6.07) is 1.22. The van der Waals surface area contributed by atoms with Crippen LogP contribution in [0.25, 0.3) is 0 Å². The van der Waals surface area contributed by atoms with E-state index in [2.05, 4.69) is 16.0 Å². The Balaban J connectivity index is 2.66. The molecule has 1 aromatic rings. The van der Waals surface area contributed by atoms with Gasteiger partial charge in [-0.3, -0.25) is 19.7 Å². The van der Waals surface area contributed by atoms with Gasteiger partial charge in [-0.05, 0) is 14.0 Å². The van der Waals surface area contributed by atoms with Crippen molar-refractivity contribution >= 4 is 28.9 Å². The molecule has 1 radical (unpaired) electrons. The molecule has 0 unspecified atom stereocenters. The second-order valence-corrected chi connectivity index (χ2v) is 4.05. The summed E-state index contributed by atoms with van der Waals surface area (Å²) in [7, 11) is 1.67. The number of carbonyl (C=O) groups excluding carboxylic acids is 2. The van der Waals surface area contributed by atoms with Crippen LogP contribution in [0.4, 0.5) is 17.1 Å². The zero-order valence-corrected chi connectivity index (χ0v) is 10.3. The molecule has 2 N–H and O–H groups in total. The largest absolute Gasteiger partial charge is 0.335 e. The quantitative estimate of drug-likeness (QED) is 0.463. The summed E-state index contributed by atoms with van der Waals surface area (Å²) in [5, 5.41) is 19.9. The van der Waals surface area contributed by atoms with E-state index in [4.69, 9.17) is 0 Å². The lowest BCUT2D eigenvalue weighted by Gasteiger charge is -2.20. The van der Waals surface area contributed by atoms with E-state index in [0.717, 1.165) is 0 Å². The Bertz CT molecular complexity index is 597. The lowest BCUT2D eigenvalue weighted by Crippen LogP contribution is -2.34. The molecule has 99 valence electrons. The predicted molar refractivity (Wildman–Crippen MR) is 66.0 cm³/mol.